The number of piperidine rings is 1. The standard InChI is InChI=1S/C36H47N9O2/c1-3-24-23-26(7-8-31(24)45-15-10-27(11-16-45)44-19-17-43(2)18-20-44)40-36-33(34(37)46)41-32(29-5-4-6-30-28(29)9-14-38-30)35(42-36)39-25-12-21-47-22-13-25/h4-9,14,23,25,27,38H,3,10-13,15-22H2,1-2H3,(H2,37,46)(H2,39,40,42). The number of carbonyl (C=O) groups excluding carboxylic acids is 1. The van der Waals surface area contributed by atoms with E-state index in [2.05, 4.69) is 62.5 Å². The number of hydrogen-bond acceptors (Lipinski definition) is 9. The van der Waals surface area contributed by atoms with Gasteiger partial charge in [-0.3, -0.25) is 9.69 Å². The second kappa shape index (κ2) is 13.9. The second-order valence-electron chi connectivity index (χ2n) is 13.1. The number of nitrogens with two attached hydrogens (primary N) is 1. The van der Waals surface area contributed by atoms with Crippen molar-refractivity contribution in [2.75, 3.05) is 75.1 Å². The van der Waals surface area contributed by atoms with E-state index >= 15 is 0 Å². The smallest absolute Gasteiger partial charge is 0.271 e. The van der Waals surface area contributed by atoms with Crippen molar-refractivity contribution in [3.63, 3.8) is 0 Å². The highest BCUT2D eigenvalue weighted by Gasteiger charge is 2.28. The lowest BCUT2D eigenvalue weighted by molar-refractivity contribution is 0.0904. The van der Waals surface area contributed by atoms with E-state index in [-0.39, 0.29) is 11.7 Å². The van der Waals surface area contributed by atoms with E-state index < -0.39 is 5.91 Å². The maximum atomic E-state index is 12.9. The van der Waals surface area contributed by atoms with E-state index in [0.29, 0.717) is 36.6 Å². The Kier molecular flexibility index (Phi) is 9.28. The molecule has 3 aliphatic heterocycles. The maximum absolute atomic E-state index is 12.9. The fraction of sp³-hybridized carbons (Fsp3) is 0.472. The first kappa shape index (κ1) is 31.4. The number of benzene rings is 2. The number of anilines is 4. The largest absolute Gasteiger partial charge is 0.381 e. The Morgan fingerprint density at radius 1 is 0.979 bits per heavy atom. The number of likely N-dealkylation sites (N-methyl/N-ethyl adjacent to an activating group) is 1. The minimum Gasteiger partial charge on any atom is -0.381 e. The number of nitrogens with one attached hydrogen (secondary N) is 3. The number of piperazine rings is 1. The van der Waals surface area contributed by atoms with Crippen LogP contribution in [-0.2, 0) is 11.2 Å². The van der Waals surface area contributed by atoms with Crippen LogP contribution >= 0.6 is 0 Å². The summed E-state index contributed by atoms with van der Waals surface area (Å²) in [5.74, 6) is 0.337. The van der Waals surface area contributed by atoms with Crippen molar-refractivity contribution in [3.05, 3.63) is 59.9 Å². The molecule has 3 saturated heterocycles. The minimum atomic E-state index is -0.629. The van der Waals surface area contributed by atoms with Gasteiger partial charge < -0.3 is 35.9 Å². The van der Waals surface area contributed by atoms with E-state index in [4.69, 9.17) is 20.4 Å². The average Bonchev–Trinajstić information content (AvgIpc) is 3.59. The Hall–Kier alpha value is -4.19. The van der Waals surface area contributed by atoms with Gasteiger partial charge in [-0.1, -0.05) is 19.1 Å². The molecule has 0 radical (unpaired) electrons. The van der Waals surface area contributed by atoms with Gasteiger partial charge in [0.25, 0.3) is 5.91 Å². The summed E-state index contributed by atoms with van der Waals surface area (Å²) in [6.45, 7) is 10.4. The van der Waals surface area contributed by atoms with E-state index in [0.717, 1.165) is 67.6 Å². The summed E-state index contributed by atoms with van der Waals surface area (Å²) in [6.07, 6.45) is 6.91. The maximum Gasteiger partial charge on any atom is 0.271 e. The Bertz CT molecular complexity index is 1700. The summed E-state index contributed by atoms with van der Waals surface area (Å²) >= 11 is 0. The summed E-state index contributed by atoms with van der Waals surface area (Å²) in [5.41, 5.74) is 11.9. The van der Waals surface area contributed by atoms with Gasteiger partial charge in [0.15, 0.2) is 17.3 Å². The van der Waals surface area contributed by atoms with Gasteiger partial charge in [0.1, 0.15) is 5.69 Å². The highest BCUT2D eigenvalue weighted by molar-refractivity contribution is 6.01. The number of H-pyrrole nitrogens is 1. The highest BCUT2D eigenvalue weighted by atomic mass is 16.5. The summed E-state index contributed by atoms with van der Waals surface area (Å²) in [6, 6.07) is 15.3. The molecule has 4 aromatic rings. The van der Waals surface area contributed by atoms with Crippen LogP contribution in [0.2, 0.25) is 0 Å². The molecule has 0 atom stereocenters. The summed E-state index contributed by atoms with van der Waals surface area (Å²) in [4.78, 5) is 33.7. The molecule has 0 aliphatic carbocycles. The molecular weight excluding hydrogens is 590 g/mol. The third-order valence-corrected chi connectivity index (χ3v) is 10.1. The fourth-order valence-electron chi connectivity index (χ4n) is 7.36. The monoisotopic (exact) mass is 637 g/mol. The molecule has 11 nitrogen and oxygen atoms in total. The number of carbonyl (C=O) groups is 1. The van der Waals surface area contributed by atoms with Crippen LogP contribution in [0.5, 0.6) is 0 Å². The van der Waals surface area contributed by atoms with Crippen LogP contribution in [0.1, 0.15) is 48.7 Å². The number of nitrogens with zero attached hydrogens (tertiary/aromatic N) is 5. The molecule has 5 N–H and O–H groups in total. The van der Waals surface area contributed by atoms with Gasteiger partial charge in [-0.15, -0.1) is 0 Å². The summed E-state index contributed by atoms with van der Waals surface area (Å²) in [5, 5.41) is 8.06. The molecular formula is C36H47N9O2. The number of rotatable bonds is 9. The number of amides is 1. The zero-order valence-corrected chi connectivity index (χ0v) is 27.6. The van der Waals surface area contributed by atoms with E-state index in [1.165, 1.54) is 37.2 Å². The number of aromatic nitrogens is 3. The van der Waals surface area contributed by atoms with Crippen molar-refractivity contribution in [1.82, 2.24) is 24.8 Å². The molecule has 11 heteroatoms. The molecule has 0 unspecified atom stereocenters. The molecule has 1 amide bonds. The predicted octanol–water partition coefficient (Wildman–Crippen LogP) is 4.84. The highest BCUT2D eigenvalue weighted by Crippen LogP contribution is 2.35. The van der Waals surface area contributed by atoms with Crippen LogP contribution in [-0.4, -0.2) is 102 Å². The Labute approximate surface area is 276 Å². The Balaban J connectivity index is 1.16. The van der Waals surface area contributed by atoms with Gasteiger partial charge in [-0.25, -0.2) is 9.97 Å². The molecule has 0 spiro atoms. The van der Waals surface area contributed by atoms with Crippen molar-refractivity contribution in [2.24, 2.45) is 5.73 Å². The van der Waals surface area contributed by atoms with Crippen LogP contribution < -0.4 is 21.3 Å². The SMILES string of the molecule is CCc1cc(Nc2nc(NC3CCOCC3)c(-c3cccc4[nH]ccc34)nc2C(N)=O)ccc1N1CCC(N2CCN(C)CC2)CC1. The summed E-state index contributed by atoms with van der Waals surface area (Å²) in [7, 11) is 2.22. The number of primary amides is 1. The molecule has 0 bridgehead atoms. The first-order valence-electron chi connectivity index (χ1n) is 17.2. The first-order valence-corrected chi connectivity index (χ1v) is 17.2. The molecule has 0 saturated carbocycles. The number of fused-ring (bicyclic) bond motifs is 1. The average molecular weight is 638 g/mol. The molecule has 2 aromatic heterocycles. The zero-order valence-electron chi connectivity index (χ0n) is 27.6. The van der Waals surface area contributed by atoms with Crippen molar-refractivity contribution in [2.45, 2.75) is 51.1 Å². The lowest BCUT2D eigenvalue weighted by Crippen LogP contribution is -2.52. The van der Waals surface area contributed by atoms with Gasteiger partial charge in [-0.2, -0.15) is 0 Å². The van der Waals surface area contributed by atoms with Gasteiger partial charge in [0, 0.05) is 98.6 Å². The van der Waals surface area contributed by atoms with E-state index in [9.17, 15) is 4.79 Å². The molecule has 2 aromatic carbocycles. The molecule has 248 valence electrons. The first-order chi connectivity index (χ1) is 23.0. The van der Waals surface area contributed by atoms with Gasteiger partial charge in [0.05, 0.1) is 0 Å². The molecule has 3 fully saturated rings. The Morgan fingerprint density at radius 3 is 2.51 bits per heavy atom. The minimum absolute atomic E-state index is 0.109. The number of aromatic amines is 1. The fourth-order valence-corrected chi connectivity index (χ4v) is 7.36. The van der Waals surface area contributed by atoms with Crippen molar-refractivity contribution in [1.29, 1.82) is 0 Å². The van der Waals surface area contributed by atoms with Gasteiger partial charge >= 0.3 is 0 Å². The van der Waals surface area contributed by atoms with E-state index in [1.54, 1.807) is 0 Å². The topological polar surface area (TPSA) is 128 Å². The second-order valence-corrected chi connectivity index (χ2v) is 13.1. The van der Waals surface area contributed by atoms with Gasteiger partial charge in [0.2, 0.25) is 0 Å². The van der Waals surface area contributed by atoms with Crippen LogP contribution in [0.25, 0.3) is 22.2 Å². The molecule has 5 heterocycles. The van der Waals surface area contributed by atoms with Crippen LogP contribution in [0.15, 0.2) is 48.7 Å². The number of aryl methyl sites for hydroxylation is 1. The molecule has 3 aliphatic rings. The normalized spacial score (nSPS) is 18.9. The third-order valence-electron chi connectivity index (χ3n) is 10.1. The van der Waals surface area contributed by atoms with Crippen LogP contribution in [0, 0.1) is 0 Å². The lowest BCUT2D eigenvalue weighted by atomic mass is 10.00. The zero-order chi connectivity index (χ0) is 32.3. The lowest BCUT2D eigenvalue weighted by Gasteiger charge is -2.43. The van der Waals surface area contributed by atoms with Crippen molar-refractivity contribution < 1.29 is 9.53 Å². The van der Waals surface area contributed by atoms with Crippen LogP contribution in [0.4, 0.5) is 23.0 Å². The Morgan fingerprint density at radius 2 is 1.77 bits per heavy atom. The predicted molar refractivity (Wildman–Crippen MR) is 189 cm³/mol. The number of hydrogen-bond donors (Lipinski definition) is 4. The van der Waals surface area contributed by atoms with Crippen molar-refractivity contribution >= 4 is 39.8 Å². The van der Waals surface area contributed by atoms with Gasteiger partial charge in [-0.05, 0) is 75.0 Å². The van der Waals surface area contributed by atoms with E-state index in [1.807, 2.05) is 30.5 Å². The molecule has 7 rings (SSSR count). The third kappa shape index (κ3) is 6.79. The summed E-state index contributed by atoms with van der Waals surface area (Å²) < 4.78 is 5.60. The quantitative estimate of drug-likeness (QED) is 0.204. The molecule has 47 heavy (non-hydrogen) atoms. The van der Waals surface area contributed by atoms with Crippen molar-refractivity contribution in [3.8, 4) is 11.3 Å². The number of ether oxygens (including phenoxy) is 1. The van der Waals surface area contributed by atoms with Crippen LogP contribution in [0.3, 0.4) is 0 Å².